The van der Waals surface area contributed by atoms with Gasteiger partial charge in [0.1, 0.15) is 0 Å². The summed E-state index contributed by atoms with van der Waals surface area (Å²) in [6, 6.07) is 22.1. The van der Waals surface area contributed by atoms with Gasteiger partial charge in [-0.15, -0.1) is 11.3 Å². The summed E-state index contributed by atoms with van der Waals surface area (Å²) in [4.78, 5) is 32.6. The van der Waals surface area contributed by atoms with Crippen LogP contribution in [0.4, 0.5) is 0 Å². The number of hydrogen-bond acceptors (Lipinski definition) is 4. The highest BCUT2D eigenvalue weighted by molar-refractivity contribution is 7.09. The SMILES string of the molecule is Cc1nc(-c2ccc(CCNC(=O)C3CCCN(C(=O)c4cccc5ccccc45)C3)cc2)cs1. The Morgan fingerprint density at radius 1 is 1.06 bits per heavy atom. The molecule has 2 heterocycles. The number of likely N-dealkylation sites (tertiary alicyclic amines) is 1. The van der Waals surface area contributed by atoms with Crippen LogP contribution in [0.25, 0.3) is 22.0 Å². The predicted molar refractivity (Wildman–Crippen MR) is 142 cm³/mol. The molecule has 4 aromatic rings. The molecule has 1 aromatic heterocycles. The van der Waals surface area contributed by atoms with E-state index in [4.69, 9.17) is 0 Å². The highest BCUT2D eigenvalue weighted by Gasteiger charge is 2.29. The molecule has 0 aliphatic carbocycles. The lowest BCUT2D eigenvalue weighted by atomic mass is 9.95. The number of rotatable bonds is 6. The van der Waals surface area contributed by atoms with Crippen molar-refractivity contribution in [2.75, 3.05) is 19.6 Å². The summed E-state index contributed by atoms with van der Waals surface area (Å²) < 4.78 is 0. The van der Waals surface area contributed by atoms with Crippen LogP contribution >= 0.6 is 11.3 Å². The molecule has 1 saturated heterocycles. The molecule has 0 radical (unpaired) electrons. The first kappa shape index (κ1) is 23.2. The summed E-state index contributed by atoms with van der Waals surface area (Å²) in [6.45, 7) is 3.75. The maximum absolute atomic E-state index is 13.3. The normalized spacial score (nSPS) is 15.8. The first-order chi connectivity index (χ1) is 17.1. The van der Waals surface area contributed by atoms with Gasteiger partial charge in [0.05, 0.1) is 16.6 Å². The number of thiazole rings is 1. The number of aryl methyl sites for hydroxylation is 1. The van der Waals surface area contributed by atoms with Gasteiger partial charge in [-0.3, -0.25) is 9.59 Å². The van der Waals surface area contributed by atoms with Crippen LogP contribution in [0.1, 0.15) is 33.8 Å². The van der Waals surface area contributed by atoms with Crippen molar-refractivity contribution in [3.05, 3.63) is 88.2 Å². The number of nitrogens with one attached hydrogen (secondary N) is 1. The monoisotopic (exact) mass is 483 g/mol. The maximum Gasteiger partial charge on any atom is 0.254 e. The second-order valence-electron chi connectivity index (χ2n) is 9.11. The summed E-state index contributed by atoms with van der Waals surface area (Å²) in [5.74, 6) is -0.123. The van der Waals surface area contributed by atoms with Gasteiger partial charge in [-0.1, -0.05) is 60.7 Å². The molecule has 1 N–H and O–H groups in total. The Balaban J connectivity index is 1.15. The number of piperidine rings is 1. The van der Waals surface area contributed by atoms with E-state index in [1.807, 2.05) is 54.3 Å². The molecule has 0 spiro atoms. The first-order valence-electron chi connectivity index (χ1n) is 12.1. The van der Waals surface area contributed by atoms with Crippen LogP contribution in [0.3, 0.4) is 0 Å². The number of carbonyl (C=O) groups excluding carboxylic acids is 2. The van der Waals surface area contributed by atoms with Crippen molar-refractivity contribution in [2.24, 2.45) is 5.92 Å². The molecule has 0 saturated carbocycles. The number of benzene rings is 3. The second kappa shape index (κ2) is 10.4. The van der Waals surface area contributed by atoms with Crippen molar-refractivity contribution in [3.63, 3.8) is 0 Å². The number of nitrogens with zero attached hydrogens (tertiary/aromatic N) is 2. The van der Waals surface area contributed by atoms with Gasteiger partial charge in [0.2, 0.25) is 5.91 Å². The summed E-state index contributed by atoms with van der Waals surface area (Å²) >= 11 is 1.65. The zero-order valence-electron chi connectivity index (χ0n) is 19.9. The molecular weight excluding hydrogens is 454 g/mol. The molecule has 1 unspecified atom stereocenters. The van der Waals surface area contributed by atoms with E-state index in [1.165, 1.54) is 5.56 Å². The van der Waals surface area contributed by atoms with E-state index >= 15 is 0 Å². The Bertz CT molecular complexity index is 1340. The van der Waals surface area contributed by atoms with Crippen molar-refractivity contribution in [1.29, 1.82) is 0 Å². The average Bonchev–Trinajstić information content (AvgIpc) is 3.34. The van der Waals surface area contributed by atoms with Crippen LogP contribution < -0.4 is 5.32 Å². The Hall–Kier alpha value is -3.51. The number of aromatic nitrogens is 1. The predicted octanol–water partition coefficient (Wildman–Crippen LogP) is 5.48. The molecule has 35 heavy (non-hydrogen) atoms. The summed E-state index contributed by atoms with van der Waals surface area (Å²) in [6.07, 6.45) is 2.42. The van der Waals surface area contributed by atoms with Crippen LogP contribution in [0.2, 0.25) is 0 Å². The van der Waals surface area contributed by atoms with Gasteiger partial charge in [0.25, 0.3) is 5.91 Å². The molecule has 1 aliphatic heterocycles. The van der Waals surface area contributed by atoms with E-state index in [-0.39, 0.29) is 17.7 Å². The number of amides is 2. The number of hydrogen-bond donors (Lipinski definition) is 1. The van der Waals surface area contributed by atoms with Gasteiger partial charge in [-0.25, -0.2) is 4.98 Å². The average molecular weight is 484 g/mol. The van der Waals surface area contributed by atoms with Crippen LogP contribution in [-0.2, 0) is 11.2 Å². The molecule has 1 aliphatic rings. The minimum absolute atomic E-state index is 0.00898. The smallest absolute Gasteiger partial charge is 0.254 e. The molecular formula is C29H29N3O2S. The van der Waals surface area contributed by atoms with Gasteiger partial charge >= 0.3 is 0 Å². The molecule has 0 bridgehead atoms. The van der Waals surface area contributed by atoms with Crippen LogP contribution in [-0.4, -0.2) is 41.3 Å². The molecule has 178 valence electrons. The van der Waals surface area contributed by atoms with Gasteiger partial charge in [0, 0.05) is 36.1 Å². The van der Waals surface area contributed by atoms with Gasteiger partial charge in [-0.05, 0) is 48.6 Å². The molecule has 6 heteroatoms. The van der Waals surface area contributed by atoms with Crippen LogP contribution in [0.15, 0.2) is 72.1 Å². The van der Waals surface area contributed by atoms with E-state index < -0.39 is 0 Å². The standard InChI is InChI=1S/C29H29N3O2S/c1-20-31-27(19-35-20)23-13-11-21(12-14-23)15-16-30-28(33)24-8-5-17-32(18-24)29(34)26-10-4-7-22-6-2-3-9-25(22)26/h2-4,6-7,9-14,19,24H,5,8,15-18H2,1H3,(H,30,33). The zero-order chi connectivity index (χ0) is 24.2. The highest BCUT2D eigenvalue weighted by atomic mass is 32.1. The minimum atomic E-state index is -0.169. The van der Waals surface area contributed by atoms with E-state index in [1.54, 1.807) is 11.3 Å². The van der Waals surface area contributed by atoms with Crippen molar-refractivity contribution in [1.82, 2.24) is 15.2 Å². The lowest BCUT2D eigenvalue weighted by Gasteiger charge is -2.32. The topological polar surface area (TPSA) is 62.3 Å². The fraction of sp³-hybridized carbons (Fsp3) is 0.276. The second-order valence-corrected chi connectivity index (χ2v) is 10.2. The Kier molecular flexibility index (Phi) is 6.91. The molecule has 5 nitrogen and oxygen atoms in total. The van der Waals surface area contributed by atoms with Gasteiger partial charge in [-0.2, -0.15) is 0 Å². The van der Waals surface area contributed by atoms with Crippen molar-refractivity contribution < 1.29 is 9.59 Å². The summed E-state index contributed by atoms with van der Waals surface area (Å²) in [7, 11) is 0. The molecule has 5 rings (SSSR count). The van der Waals surface area contributed by atoms with E-state index in [2.05, 4.69) is 39.9 Å². The first-order valence-corrected chi connectivity index (χ1v) is 13.0. The quantitative estimate of drug-likeness (QED) is 0.395. The van der Waals surface area contributed by atoms with Crippen molar-refractivity contribution >= 4 is 33.9 Å². The third-order valence-electron chi connectivity index (χ3n) is 6.68. The fourth-order valence-corrected chi connectivity index (χ4v) is 5.39. The molecule has 1 atom stereocenters. The maximum atomic E-state index is 13.3. The van der Waals surface area contributed by atoms with E-state index in [0.717, 1.165) is 46.3 Å². The molecule has 3 aromatic carbocycles. The number of fused-ring (bicyclic) bond motifs is 1. The minimum Gasteiger partial charge on any atom is -0.355 e. The molecule has 2 amide bonds. The van der Waals surface area contributed by atoms with Gasteiger partial charge in [0.15, 0.2) is 0 Å². The van der Waals surface area contributed by atoms with Crippen LogP contribution in [0.5, 0.6) is 0 Å². The third kappa shape index (κ3) is 5.28. The zero-order valence-corrected chi connectivity index (χ0v) is 20.7. The third-order valence-corrected chi connectivity index (χ3v) is 7.45. The van der Waals surface area contributed by atoms with Crippen molar-refractivity contribution in [3.8, 4) is 11.3 Å². The lowest BCUT2D eigenvalue weighted by molar-refractivity contribution is -0.126. The Labute approximate surface area is 209 Å². The van der Waals surface area contributed by atoms with E-state index in [9.17, 15) is 9.59 Å². The summed E-state index contributed by atoms with van der Waals surface area (Å²) in [5, 5.41) is 8.24. The summed E-state index contributed by atoms with van der Waals surface area (Å²) in [5.41, 5.74) is 4.00. The number of carbonyl (C=O) groups is 2. The van der Waals surface area contributed by atoms with Crippen LogP contribution in [0, 0.1) is 12.8 Å². The molecule has 1 fully saturated rings. The highest BCUT2D eigenvalue weighted by Crippen LogP contribution is 2.24. The van der Waals surface area contributed by atoms with E-state index in [0.29, 0.717) is 25.2 Å². The van der Waals surface area contributed by atoms with Crippen molar-refractivity contribution in [2.45, 2.75) is 26.2 Å². The fourth-order valence-electron chi connectivity index (χ4n) is 4.77. The lowest BCUT2D eigenvalue weighted by Crippen LogP contribution is -2.45. The Morgan fingerprint density at radius 2 is 1.86 bits per heavy atom. The largest absolute Gasteiger partial charge is 0.355 e. The van der Waals surface area contributed by atoms with Gasteiger partial charge < -0.3 is 10.2 Å². The Morgan fingerprint density at radius 3 is 2.66 bits per heavy atom.